The Labute approximate surface area is 148 Å². The van der Waals surface area contributed by atoms with Crippen molar-refractivity contribution in [2.24, 2.45) is 0 Å². The highest BCUT2D eigenvalue weighted by atomic mass is 32.2. The molecule has 3 aliphatic heterocycles. The Morgan fingerprint density at radius 2 is 2.16 bits per heavy atom. The SMILES string of the molecule is O=C(O)CC1CN(C(=O)C23CCC(=O)N2c2ccccc2S3)CCO1. The van der Waals surface area contributed by atoms with Crippen LogP contribution in [-0.2, 0) is 19.1 Å². The van der Waals surface area contributed by atoms with E-state index in [9.17, 15) is 14.4 Å². The summed E-state index contributed by atoms with van der Waals surface area (Å²) in [6.45, 7) is 0.965. The molecular formula is C17H18N2O5S. The fraction of sp³-hybridized carbons (Fsp3) is 0.471. The fourth-order valence-electron chi connectivity index (χ4n) is 3.75. The summed E-state index contributed by atoms with van der Waals surface area (Å²) in [5.74, 6) is -1.11. The van der Waals surface area contributed by atoms with Crippen LogP contribution in [0.1, 0.15) is 19.3 Å². The maximum atomic E-state index is 13.4. The Bertz CT molecular complexity index is 754. The van der Waals surface area contributed by atoms with E-state index >= 15 is 0 Å². The summed E-state index contributed by atoms with van der Waals surface area (Å²) < 4.78 is 5.46. The van der Waals surface area contributed by atoms with Crippen LogP contribution in [0.4, 0.5) is 5.69 Å². The number of carbonyl (C=O) groups is 3. The van der Waals surface area contributed by atoms with Gasteiger partial charge < -0.3 is 14.7 Å². The maximum Gasteiger partial charge on any atom is 0.306 e. The molecule has 2 amide bonds. The van der Waals surface area contributed by atoms with Gasteiger partial charge in [0.05, 0.1) is 24.8 Å². The second kappa shape index (κ2) is 6.03. The summed E-state index contributed by atoms with van der Waals surface area (Å²) in [4.78, 5) is 40.0. The van der Waals surface area contributed by atoms with Crippen LogP contribution in [0.2, 0.25) is 0 Å². The standard InChI is InChI=1S/C17H18N2O5S/c20-14-5-6-17(19(14)12-3-1-2-4-13(12)25-17)16(23)18-7-8-24-11(10-18)9-15(21)22/h1-4,11H,5-10H2,(H,21,22). The monoisotopic (exact) mass is 362 g/mol. The van der Waals surface area contributed by atoms with E-state index < -0.39 is 16.9 Å². The Kier molecular flexibility index (Phi) is 3.96. The minimum atomic E-state index is -0.947. The Balaban J connectivity index is 1.61. The van der Waals surface area contributed by atoms with Gasteiger partial charge in [-0.05, 0) is 18.6 Å². The van der Waals surface area contributed by atoms with E-state index in [1.165, 1.54) is 11.8 Å². The first-order valence-electron chi connectivity index (χ1n) is 8.25. The van der Waals surface area contributed by atoms with Crippen molar-refractivity contribution < 1.29 is 24.2 Å². The van der Waals surface area contributed by atoms with Crippen molar-refractivity contribution in [1.29, 1.82) is 0 Å². The van der Waals surface area contributed by atoms with Crippen molar-refractivity contribution in [3.63, 3.8) is 0 Å². The Hall–Kier alpha value is -2.06. The Morgan fingerprint density at radius 1 is 1.36 bits per heavy atom. The summed E-state index contributed by atoms with van der Waals surface area (Å²) in [5, 5.41) is 8.96. The number of thioether (sulfide) groups is 1. The lowest BCUT2D eigenvalue weighted by atomic mass is 10.1. The van der Waals surface area contributed by atoms with Crippen LogP contribution in [0.5, 0.6) is 0 Å². The number of carboxylic acid groups (broad SMARTS) is 1. The molecule has 25 heavy (non-hydrogen) atoms. The average Bonchev–Trinajstić information content (AvgIpc) is 3.10. The van der Waals surface area contributed by atoms with Crippen LogP contribution in [0.15, 0.2) is 29.2 Å². The minimum Gasteiger partial charge on any atom is -0.481 e. The van der Waals surface area contributed by atoms with Crippen molar-refractivity contribution in [3.05, 3.63) is 24.3 Å². The number of carbonyl (C=O) groups excluding carboxylic acids is 2. The third-order valence-electron chi connectivity index (χ3n) is 4.84. The minimum absolute atomic E-state index is 0.0406. The molecule has 0 radical (unpaired) electrons. The molecule has 7 nitrogen and oxygen atoms in total. The van der Waals surface area contributed by atoms with Crippen LogP contribution < -0.4 is 4.90 Å². The van der Waals surface area contributed by atoms with Crippen LogP contribution in [0.3, 0.4) is 0 Å². The van der Waals surface area contributed by atoms with Crippen LogP contribution in [0, 0.1) is 0 Å². The van der Waals surface area contributed by atoms with Crippen molar-refractivity contribution in [2.45, 2.75) is 35.1 Å². The van der Waals surface area contributed by atoms with E-state index in [0.29, 0.717) is 26.0 Å². The van der Waals surface area contributed by atoms with Gasteiger partial charge in [0.25, 0.3) is 5.91 Å². The largest absolute Gasteiger partial charge is 0.481 e. The highest BCUT2D eigenvalue weighted by Gasteiger charge is 2.58. The van der Waals surface area contributed by atoms with E-state index in [-0.39, 0.29) is 24.8 Å². The second-order valence-electron chi connectivity index (χ2n) is 6.43. The molecule has 2 atom stereocenters. The highest BCUT2D eigenvalue weighted by Crippen LogP contribution is 2.56. The zero-order chi connectivity index (χ0) is 17.6. The highest BCUT2D eigenvalue weighted by molar-refractivity contribution is 8.02. The number of rotatable bonds is 3. The number of carboxylic acids is 1. The predicted molar refractivity (Wildman–Crippen MR) is 90.3 cm³/mol. The number of benzene rings is 1. The molecule has 3 aliphatic rings. The van der Waals surface area contributed by atoms with Crippen LogP contribution >= 0.6 is 11.8 Å². The first-order chi connectivity index (χ1) is 12.0. The number of hydrogen-bond donors (Lipinski definition) is 1. The molecule has 132 valence electrons. The number of aliphatic carboxylic acids is 1. The zero-order valence-corrected chi connectivity index (χ0v) is 14.3. The van der Waals surface area contributed by atoms with Crippen LogP contribution in [-0.4, -0.2) is 58.5 Å². The average molecular weight is 362 g/mol. The lowest BCUT2D eigenvalue weighted by Crippen LogP contribution is -2.57. The van der Waals surface area contributed by atoms with Gasteiger partial charge in [-0.3, -0.25) is 19.3 Å². The maximum absolute atomic E-state index is 13.4. The molecule has 4 rings (SSSR count). The summed E-state index contributed by atoms with van der Waals surface area (Å²) in [6.07, 6.45) is 0.166. The third-order valence-corrected chi connectivity index (χ3v) is 6.30. The van der Waals surface area contributed by atoms with Crippen molar-refractivity contribution in [1.82, 2.24) is 4.90 Å². The fourth-order valence-corrected chi connectivity index (χ4v) is 5.24. The van der Waals surface area contributed by atoms with E-state index in [0.717, 1.165) is 10.6 Å². The third kappa shape index (κ3) is 2.60. The summed E-state index contributed by atoms with van der Waals surface area (Å²) in [5.41, 5.74) is 0.790. The summed E-state index contributed by atoms with van der Waals surface area (Å²) in [6, 6.07) is 7.55. The van der Waals surface area contributed by atoms with Gasteiger partial charge in [-0.25, -0.2) is 0 Å². The topological polar surface area (TPSA) is 87.2 Å². The first kappa shape index (κ1) is 16.4. The number of anilines is 1. The van der Waals surface area contributed by atoms with E-state index in [2.05, 4.69) is 0 Å². The van der Waals surface area contributed by atoms with Gasteiger partial charge in [0.15, 0.2) is 4.87 Å². The van der Waals surface area contributed by atoms with Gasteiger partial charge in [0.2, 0.25) is 5.91 Å². The van der Waals surface area contributed by atoms with Gasteiger partial charge in [-0.15, -0.1) is 0 Å². The lowest BCUT2D eigenvalue weighted by Gasteiger charge is -2.39. The quantitative estimate of drug-likeness (QED) is 0.873. The number of fused-ring (bicyclic) bond motifs is 3. The lowest BCUT2D eigenvalue weighted by molar-refractivity contribution is -0.148. The number of morpholine rings is 1. The van der Waals surface area contributed by atoms with Crippen molar-refractivity contribution in [3.8, 4) is 0 Å². The molecule has 2 saturated heterocycles. The van der Waals surface area contributed by atoms with Gasteiger partial charge in [0, 0.05) is 24.4 Å². The molecule has 8 heteroatoms. The molecule has 1 aromatic rings. The molecule has 0 saturated carbocycles. The van der Waals surface area contributed by atoms with Crippen molar-refractivity contribution in [2.75, 3.05) is 24.6 Å². The Morgan fingerprint density at radius 3 is 2.96 bits per heavy atom. The zero-order valence-electron chi connectivity index (χ0n) is 13.5. The van der Waals surface area contributed by atoms with Crippen molar-refractivity contribution >= 4 is 35.2 Å². The first-order valence-corrected chi connectivity index (χ1v) is 9.07. The summed E-state index contributed by atoms with van der Waals surface area (Å²) in [7, 11) is 0. The number of nitrogens with zero attached hydrogens (tertiary/aromatic N) is 2. The van der Waals surface area contributed by atoms with E-state index in [4.69, 9.17) is 9.84 Å². The molecular weight excluding hydrogens is 344 g/mol. The molecule has 3 heterocycles. The van der Waals surface area contributed by atoms with Crippen LogP contribution in [0.25, 0.3) is 0 Å². The molecule has 0 bridgehead atoms. The number of amides is 2. The molecule has 1 aromatic carbocycles. The predicted octanol–water partition coefficient (Wildman–Crippen LogP) is 1.32. The molecule has 0 aliphatic carbocycles. The normalized spacial score (nSPS) is 28.0. The van der Waals surface area contributed by atoms with E-state index in [1.54, 1.807) is 9.80 Å². The molecule has 2 fully saturated rings. The number of hydrogen-bond acceptors (Lipinski definition) is 5. The smallest absolute Gasteiger partial charge is 0.306 e. The summed E-state index contributed by atoms with van der Waals surface area (Å²) >= 11 is 1.43. The number of ether oxygens (including phenoxy) is 1. The molecule has 0 aromatic heterocycles. The van der Waals surface area contributed by atoms with Gasteiger partial charge >= 0.3 is 5.97 Å². The molecule has 2 unspecified atom stereocenters. The van der Waals surface area contributed by atoms with E-state index in [1.807, 2.05) is 24.3 Å². The number of para-hydroxylation sites is 1. The molecule has 1 N–H and O–H groups in total. The molecule has 0 spiro atoms. The van der Waals surface area contributed by atoms with Gasteiger partial charge in [-0.1, -0.05) is 23.9 Å². The van der Waals surface area contributed by atoms with Gasteiger partial charge in [-0.2, -0.15) is 0 Å². The second-order valence-corrected chi connectivity index (χ2v) is 7.74. The van der Waals surface area contributed by atoms with Gasteiger partial charge in [0.1, 0.15) is 0 Å².